The van der Waals surface area contributed by atoms with Gasteiger partial charge < -0.3 is 16.0 Å². The van der Waals surface area contributed by atoms with Gasteiger partial charge in [-0.2, -0.15) is 0 Å². The highest BCUT2D eigenvalue weighted by Crippen LogP contribution is 2.24. The fourth-order valence-corrected chi connectivity index (χ4v) is 3.72. The van der Waals surface area contributed by atoms with E-state index in [1.807, 2.05) is 92.7 Å². The molecule has 7 nitrogen and oxygen atoms in total. The number of amides is 1. The quantitative estimate of drug-likeness (QED) is 0.322. The Labute approximate surface area is 199 Å². The van der Waals surface area contributed by atoms with Gasteiger partial charge in [-0.3, -0.25) is 4.79 Å². The number of carbonyl (C=O) groups is 1. The third-order valence-corrected chi connectivity index (χ3v) is 5.27. The number of nitrogens with one attached hydrogen (secondary N) is 3. The number of hydrogen-bond acceptors (Lipinski definition) is 6. The van der Waals surface area contributed by atoms with Crippen LogP contribution >= 0.6 is 0 Å². The van der Waals surface area contributed by atoms with E-state index in [2.05, 4.69) is 30.9 Å². The second-order valence-electron chi connectivity index (χ2n) is 8.00. The average Bonchev–Trinajstić information content (AvgIpc) is 2.83. The molecule has 0 fully saturated rings. The summed E-state index contributed by atoms with van der Waals surface area (Å²) in [5.41, 5.74) is 3.04. The van der Waals surface area contributed by atoms with Crippen LogP contribution in [-0.4, -0.2) is 33.9 Å². The van der Waals surface area contributed by atoms with Crippen molar-refractivity contribution >= 4 is 23.4 Å². The summed E-state index contributed by atoms with van der Waals surface area (Å²) in [5, 5.41) is 9.54. The molecule has 0 unspecified atom stereocenters. The van der Waals surface area contributed by atoms with Gasteiger partial charge in [-0.25, -0.2) is 15.0 Å². The first-order chi connectivity index (χ1) is 16.6. The van der Waals surface area contributed by atoms with E-state index >= 15 is 0 Å². The summed E-state index contributed by atoms with van der Waals surface area (Å²) in [7, 11) is 0. The lowest BCUT2D eigenvalue weighted by Gasteiger charge is -2.18. The number of anilines is 3. The number of rotatable bonds is 9. The van der Waals surface area contributed by atoms with Gasteiger partial charge in [0.05, 0.1) is 5.92 Å². The van der Waals surface area contributed by atoms with Gasteiger partial charge in [0.1, 0.15) is 23.3 Å². The summed E-state index contributed by atoms with van der Waals surface area (Å²) in [4.78, 5) is 26.3. The molecular formula is C27H28N6O. The fourth-order valence-electron chi connectivity index (χ4n) is 3.72. The van der Waals surface area contributed by atoms with Gasteiger partial charge in [0.25, 0.3) is 0 Å². The van der Waals surface area contributed by atoms with Crippen molar-refractivity contribution < 1.29 is 4.79 Å². The first-order valence-corrected chi connectivity index (χ1v) is 11.3. The van der Waals surface area contributed by atoms with Gasteiger partial charge in [-0.1, -0.05) is 60.7 Å². The average molecular weight is 453 g/mol. The molecule has 2 aromatic heterocycles. The zero-order valence-electron chi connectivity index (χ0n) is 19.3. The third-order valence-electron chi connectivity index (χ3n) is 5.27. The number of nitrogens with zero attached hydrogens (tertiary/aromatic N) is 3. The molecule has 0 saturated heterocycles. The minimum absolute atomic E-state index is 0.0362. The zero-order chi connectivity index (χ0) is 23.8. The zero-order valence-corrected chi connectivity index (χ0v) is 19.3. The van der Waals surface area contributed by atoms with Crippen LogP contribution in [0.3, 0.4) is 0 Å². The van der Waals surface area contributed by atoms with Crippen molar-refractivity contribution in [3.63, 3.8) is 0 Å². The van der Waals surface area contributed by atoms with Crippen LogP contribution in [0.15, 0.2) is 85.1 Å². The maximum Gasteiger partial charge on any atom is 0.232 e. The predicted molar refractivity (Wildman–Crippen MR) is 135 cm³/mol. The van der Waals surface area contributed by atoms with E-state index in [1.165, 1.54) is 0 Å². The molecule has 0 bridgehead atoms. The summed E-state index contributed by atoms with van der Waals surface area (Å²) < 4.78 is 0. The molecule has 0 atom stereocenters. The van der Waals surface area contributed by atoms with Crippen LogP contribution < -0.4 is 16.0 Å². The van der Waals surface area contributed by atoms with Crippen molar-refractivity contribution in [3.05, 3.63) is 108 Å². The van der Waals surface area contributed by atoms with Gasteiger partial charge in [0.2, 0.25) is 5.91 Å². The number of hydrogen-bond donors (Lipinski definition) is 3. The van der Waals surface area contributed by atoms with E-state index in [4.69, 9.17) is 0 Å². The lowest BCUT2D eigenvalue weighted by molar-refractivity contribution is -0.121. The largest absolute Gasteiger partial charge is 0.368 e. The molecule has 0 spiro atoms. The van der Waals surface area contributed by atoms with Crippen LogP contribution in [0.4, 0.5) is 17.5 Å². The Kier molecular flexibility index (Phi) is 7.45. The van der Waals surface area contributed by atoms with Gasteiger partial charge in [-0.15, -0.1) is 0 Å². The first-order valence-electron chi connectivity index (χ1n) is 11.3. The second-order valence-corrected chi connectivity index (χ2v) is 8.00. The van der Waals surface area contributed by atoms with E-state index in [1.54, 1.807) is 6.20 Å². The van der Waals surface area contributed by atoms with Crippen molar-refractivity contribution in [1.82, 2.24) is 20.3 Å². The molecule has 7 heteroatoms. The number of carbonyl (C=O) groups excluding carboxylic acids is 1. The fraction of sp³-hybridized carbons (Fsp3) is 0.185. The van der Waals surface area contributed by atoms with E-state index < -0.39 is 0 Å². The Hall–Kier alpha value is -4.26. The number of pyridine rings is 1. The normalized spacial score (nSPS) is 10.7. The third kappa shape index (κ3) is 6.16. The molecular weight excluding hydrogens is 424 g/mol. The van der Waals surface area contributed by atoms with Crippen LogP contribution in [-0.2, 0) is 4.79 Å². The summed E-state index contributed by atoms with van der Waals surface area (Å²) in [6, 6.07) is 25.4. The molecule has 4 aromatic rings. The molecule has 2 heterocycles. The highest BCUT2D eigenvalue weighted by molar-refractivity contribution is 5.87. The van der Waals surface area contributed by atoms with Crippen LogP contribution in [0.5, 0.6) is 0 Å². The Morgan fingerprint density at radius 2 is 1.44 bits per heavy atom. The molecule has 4 rings (SSSR count). The topological polar surface area (TPSA) is 91.8 Å². The maximum absolute atomic E-state index is 13.1. The predicted octanol–water partition coefficient (Wildman–Crippen LogP) is 4.59. The molecule has 0 saturated carbocycles. The molecule has 0 aliphatic heterocycles. The lowest BCUT2D eigenvalue weighted by Crippen LogP contribution is -2.33. The highest BCUT2D eigenvalue weighted by atomic mass is 16.1. The van der Waals surface area contributed by atoms with Gasteiger partial charge in [0.15, 0.2) is 0 Å². The Morgan fingerprint density at radius 3 is 2.09 bits per heavy atom. The molecule has 2 aromatic carbocycles. The van der Waals surface area contributed by atoms with Gasteiger partial charge >= 0.3 is 0 Å². The summed E-state index contributed by atoms with van der Waals surface area (Å²) in [6.07, 6.45) is 1.76. The molecule has 0 radical (unpaired) electrons. The van der Waals surface area contributed by atoms with Crippen molar-refractivity contribution in [2.45, 2.75) is 19.8 Å². The van der Waals surface area contributed by atoms with Crippen molar-refractivity contribution in [1.29, 1.82) is 0 Å². The molecule has 0 aliphatic rings. The van der Waals surface area contributed by atoms with E-state index in [0.29, 0.717) is 30.5 Å². The highest BCUT2D eigenvalue weighted by Gasteiger charge is 2.21. The Bertz CT molecular complexity index is 1190. The number of benzene rings is 2. The SMILES string of the molecule is Cc1ccnc(Nc2cc(NCCNC(=O)C(c3ccccc3)c3ccccc3)nc(C)n2)c1. The first kappa shape index (κ1) is 22.9. The molecule has 0 aliphatic carbocycles. The second kappa shape index (κ2) is 11.0. The minimum atomic E-state index is -0.360. The van der Waals surface area contributed by atoms with E-state index in [-0.39, 0.29) is 11.8 Å². The summed E-state index contributed by atoms with van der Waals surface area (Å²) in [6.45, 7) is 4.84. The van der Waals surface area contributed by atoms with Crippen LogP contribution in [0.25, 0.3) is 0 Å². The van der Waals surface area contributed by atoms with Crippen molar-refractivity contribution in [2.75, 3.05) is 23.7 Å². The van der Waals surface area contributed by atoms with Crippen LogP contribution in [0.1, 0.15) is 28.4 Å². The molecule has 3 N–H and O–H groups in total. The van der Waals surface area contributed by atoms with Crippen molar-refractivity contribution in [2.24, 2.45) is 0 Å². The number of aryl methyl sites for hydroxylation is 2. The maximum atomic E-state index is 13.1. The Morgan fingerprint density at radius 1 is 0.794 bits per heavy atom. The van der Waals surface area contributed by atoms with E-state index in [9.17, 15) is 4.79 Å². The molecule has 172 valence electrons. The molecule has 1 amide bonds. The van der Waals surface area contributed by atoms with E-state index in [0.717, 1.165) is 22.5 Å². The minimum Gasteiger partial charge on any atom is -0.368 e. The monoisotopic (exact) mass is 452 g/mol. The summed E-state index contributed by atoms with van der Waals surface area (Å²) >= 11 is 0. The van der Waals surface area contributed by atoms with Crippen LogP contribution in [0.2, 0.25) is 0 Å². The van der Waals surface area contributed by atoms with Crippen molar-refractivity contribution in [3.8, 4) is 0 Å². The lowest BCUT2D eigenvalue weighted by atomic mass is 9.90. The van der Waals surface area contributed by atoms with Gasteiger partial charge in [0, 0.05) is 25.4 Å². The molecule has 34 heavy (non-hydrogen) atoms. The Balaban J connectivity index is 1.37. The number of aromatic nitrogens is 3. The van der Waals surface area contributed by atoms with Gasteiger partial charge in [-0.05, 0) is 42.7 Å². The summed E-state index contributed by atoms with van der Waals surface area (Å²) in [5.74, 6) is 2.30. The smallest absolute Gasteiger partial charge is 0.232 e. The standard InChI is InChI=1S/C27H28N6O/c1-19-13-14-28-23(17-19)33-25-18-24(31-20(2)32-25)29-15-16-30-27(34)26(21-9-5-3-6-10-21)22-11-7-4-8-12-22/h3-14,17-18,26H,15-16H2,1-2H3,(H,30,34)(H2,28,29,31,32,33). The van der Waals surface area contributed by atoms with Crippen LogP contribution in [0, 0.1) is 13.8 Å².